The summed E-state index contributed by atoms with van der Waals surface area (Å²) in [5.74, 6) is -1.27. The molecule has 498 valence electrons. The first-order valence-corrected chi connectivity index (χ1v) is 31.1. The molecule has 4 aliphatic carbocycles. The van der Waals surface area contributed by atoms with Gasteiger partial charge in [0.25, 0.3) is 0 Å². The summed E-state index contributed by atoms with van der Waals surface area (Å²) in [5, 5.41) is 165. The van der Waals surface area contributed by atoms with Crippen LogP contribution in [0, 0.1) is 39.4 Å². The molecule has 11 rings (SSSR count). The van der Waals surface area contributed by atoms with Crippen LogP contribution in [0.2, 0.25) is 0 Å². The third-order valence-electron chi connectivity index (χ3n) is 23.2. The van der Waals surface area contributed by atoms with Crippen LogP contribution in [0.4, 0.5) is 0 Å². The zero-order valence-electron chi connectivity index (χ0n) is 50.3. The van der Waals surface area contributed by atoms with Gasteiger partial charge in [0.05, 0.1) is 56.8 Å². The fourth-order valence-electron chi connectivity index (χ4n) is 17.9. The number of carbonyl (C=O) groups is 1. The van der Waals surface area contributed by atoms with Gasteiger partial charge in [0.1, 0.15) is 110 Å². The van der Waals surface area contributed by atoms with Crippen molar-refractivity contribution in [3.63, 3.8) is 0 Å². The summed E-state index contributed by atoms with van der Waals surface area (Å²) in [6.07, 6.45) is -36.6. The van der Waals surface area contributed by atoms with E-state index in [0.29, 0.717) is 25.7 Å². The van der Waals surface area contributed by atoms with Gasteiger partial charge >= 0.3 is 5.97 Å². The van der Waals surface area contributed by atoms with E-state index in [2.05, 4.69) is 27.7 Å². The van der Waals surface area contributed by atoms with Crippen LogP contribution in [0.5, 0.6) is 0 Å². The topological polar surface area (TPSA) is 431 Å². The summed E-state index contributed by atoms with van der Waals surface area (Å²) in [7, 11) is 0. The van der Waals surface area contributed by atoms with E-state index in [9.17, 15) is 81.4 Å². The Morgan fingerprint density at radius 1 is 0.540 bits per heavy atom. The molecule has 87 heavy (non-hydrogen) atoms. The molecule has 28 heteroatoms. The summed E-state index contributed by atoms with van der Waals surface area (Å²) in [6, 6.07) is 0. The molecule has 9 fully saturated rings. The molecule has 11 aliphatic rings. The van der Waals surface area contributed by atoms with Crippen LogP contribution in [0.1, 0.15) is 113 Å². The lowest BCUT2D eigenvalue weighted by Crippen LogP contribution is -2.68. The highest BCUT2D eigenvalue weighted by Gasteiger charge is 2.75. The average Bonchev–Trinajstić information content (AvgIpc) is 1.57. The van der Waals surface area contributed by atoms with Crippen LogP contribution in [0.25, 0.3) is 0 Å². The minimum absolute atomic E-state index is 0.0929. The molecule has 0 aromatic carbocycles. The number of hydrogen-bond donors (Lipinski definition) is 15. The predicted molar refractivity (Wildman–Crippen MR) is 289 cm³/mol. The van der Waals surface area contributed by atoms with Crippen LogP contribution in [-0.4, -0.2) is 281 Å². The predicted octanol–water partition coefficient (Wildman–Crippen LogP) is -3.68. The highest BCUT2D eigenvalue weighted by atomic mass is 16.8. The molecule has 0 amide bonds. The van der Waals surface area contributed by atoms with Gasteiger partial charge in [-0.2, -0.15) is 0 Å². The molecule has 28 nitrogen and oxygen atoms in total. The molecule has 7 heterocycles. The van der Waals surface area contributed by atoms with Gasteiger partial charge < -0.3 is 133 Å². The van der Waals surface area contributed by atoms with Crippen molar-refractivity contribution in [2.24, 2.45) is 39.4 Å². The number of esters is 1. The van der Waals surface area contributed by atoms with Crippen molar-refractivity contribution in [1.82, 2.24) is 0 Å². The van der Waals surface area contributed by atoms with E-state index in [1.165, 1.54) is 18.1 Å². The zero-order chi connectivity index (χ0) is 63.0. The number of allylic oxidation sites excluding steroid dienone is 2. The van der Waals surface area contributed by atoms with Gasteiger partial charge in [0.2, 0.25) is 5.79 Å². The standard InChI is InChI=1S/C59H94O28/c1-23-16-58(86-48(23)75)17-24(2)59(87-58)15-14-56(6)27-8-9-32-54(4,26(27)10-13-57(56,59)7)12-11-33(55(32,5)22-62)82-50-43(73)41(71)37(67)31(81-50)21-77-52-46(35(65)28(63)20-76-52)84-53-47(85-49-42(72)39(69)34(64)25(3)78-49)45(38(68)30(19-61)80-53)83-51-44(74)40(70)36(66)29(18-60)79-51/h23-25,28-47,49-53,60-74H,8-22H2,1-7H3/t23-,24-,25+,28+,29-,30-,31-,32-,33+,34+,35+,36+,37-,38-,39-,40+,41+,42-,43-,44-,45+,46-,47-,49+,50+,51+,52+,53+,54-,55-,56+,57+,58+,59+/m1/s1. The minimum Gasteiger partial charge on any atom is -0.433 e. The second kappa shape index (κ2) is 24.5. The number of hydrogen-bond acceptors (Lipinski definition) is 28. The average molecular weight is 1250 g/mol. The number of aliphatic hydroxyl groups excluding tert-OH is 15. The molecular formula is C59H94O28. The Bertz CT molecular complexity index is 2480. The highest BCUT2D eigenvalue weighted by Crippen LogP contribution is 2.76. The van der Waals surface area contributed by atoms with Gasteiger partial charge in [-0.3, -0.25) is 4.79 Å². The highest BCUT2D eigenvalue weighted by molar-refractivity contribution is 5.74. The maximum absolute atomic E-state index is 12.8. The normalized spacial score (nSPS) is 56.1. The van der Waals surface area contributed by atoms with Gasteiger partial charge in [0.15, 0.2) is 31.5 Å². The van der Waals surface area contributed by atoms with Gasteiger partial charge in [-0.05, 0) is 81.0 Å². The molecular weight excluding hydrogens is 1160 g/mol. The van der Waals surface area contributed by atoms with Crippen LogP contribution in [0.15, 0.2) is 11.1 Å². The van der Waals surface area contributed by atoms with Crippen LogP contribution < -0.4 is 0 Å². The van der Waals surface area contributed by atoms with E-state index in [1.807, 2.05) is 13.8 Å². The van der Waals surface area contributed by atoms with Crippen molar-refractivity contribution >= 4 is 5.97 Å². The Labute approximate surface area is 504 Å². The first kappa shape index (κ1) is 66.6. The summed E-state index contributed by atoms with van der Waals surface area (Å²) in [4.78, 5) is 12.8. The van der Waals surface area contributed by atoms with Gasteiger partial charge in [-0.1, -0.05) is 52.7 Å². The van der Waals surface area contributed by atoms with Crippen molar-refractivity contribution in [3.8, 4) is 0 Å². The van der Waals surface area contributed by atoms with E-state index in [-0.39, 0.29) is 46.6 Å². The maximum atomic E-state index is 12.8. The van der Waals surface area contributed by atoms with Crippen LogP contribution in [0.3, 0.4) is 0 Å². The molecule has 0 aromatic rings. The molecule has 34 atom stereocenters. The zero-order valence-corrected chi connectivity index (χ0v) is 50.3. The summed E-state index contributed by atoms with van der Waals surface area (Å²) in [6.45, 7) is 11.2. The van der Waals surface area contributed by atoms with E-state index >= 15 is 0 Å². The van der Waals surface area contributed by atoms with E-state index < -0.39 is 197 Å². The van der Waals surface area contributed by atoms with Crippen molar-refractivity contribution in [1.29, 1.82) is 0 Å². The largest absolute Gasteiger partial charge is 0.433 e. The molecule has 2 spiro atoms. The fraction of sp³-hybridized carbons (Fsp3) is 0.949. The number of ether oxygens (including phenoxy) is 12. The first-order chi connectivity index (χ1) is 41.0. The van der Waals surface area contributed by atoms with E-state index in [0.717, 1.165) is 38.5 Å². The Morgan fingerprint density at radius 3 is 1.77 bits per heavy atom. The second-order valence-corrected chi connectivity index (χ2v) is 28.0. The fourth-order valence-corrected chi connectivity index (χ4v) is 17.9. The lowest BCUT2D eigenvalue weighted by molar-refractivity contribution is -0.406. The molecule has 7 saturated heterocycles. The third kappa shape index (κ3) is 10.7. The van der Waals surface area contributed by atoms with Crippen LogP contribution in [-0.2, 0) is 61.6 Å². The lowest BCUT2D eigenvalue weighted by Gasteiger charge is -2.63. The molecule has 0 bridgehead atoms. The quantitative estimate of drug-likeness (QED) is 0.0588. The first-order valence-electron chi connectivity index (χ1n) is 31.1. The van der Waals surface area contributed by atoms with Crippen molar-refractivity contribution in [2.75, 3.05) is 33.0 Å². The van der Waals surface area contributed by atoms with E-state index in [4.69, 9.17) is 56.8 Å². The Hall–Kier alpha value is -1.83. The Morgan fingerprint density at radius 2 is 1.13 bits per heavy atom. The van der Waals surface area contributed by atoms with E-state index in [1.54, 1.807) is 0 Å². The number of carbonyl (C=O) groups excluding carboxylic acids is 1. The van der Waals surface area contributed by atoms with Gasteiger partial charge in [-0.25, -0.2) is 0 Å². The molecule has 2 saturated carbocycles. The summed E-state index contributed by atoms with van der Waals surface area (Å²) >= 11 is 0. The summed E-state index contributed by atoms with van der Waals surface area (Å²) < 4.78 is 73.7. The van der Waals surface area contributed by atoms with Crippen molar-refractivity contribution in [2.45, 2.75) is 278 Å². The number of aliphatic hydroxyl groups is 15. The van der Waals surface area contributed by atoms with Gasteiger partial charge in [-0.15, -0.1) is 0 Å². The van der Waals surface area contributed by atoms with Crippen LogP contribution >= 0.6 is 0 Å². The summed E-state index contributed by atoms with van der Waals surface area (Å²) in [5.41, 5.74) is 0.685. The molecule has 0 unspecified atom stereocenters. The molecule has 15 N–H and O–H groups in total. The second-order valence-electron chi connectivity index (χ2n) is 28.0. The molecule has 0 aromatic heterocycles. The van der Waals surface area contributed by atoms with Gasteiger partial charge in [0, 0.05) is 23.7 Å². The number of fused-ring (bicyclic) bond motifs is 5. The maximum Gasteiger partial charge on any atom is 0.311 e. The SMILES string of the molecule is C[C@@H]1C[C@]2(C[C@@H](C)[C@]3(CC[C@@]4(C)C5=C(CC[C@@]43C)[C@@]3(C)CC[C@H](O[C@@H]4O[C@H](CO[C@@H]6OC[C@H](O)[C@H](O)[C@H]6O[C@@H]6O[C@H](CO)[C@@H](O)[C@H](O[C@@H]7O[C@H](CO)[C@H](O)[C@H](O)[C@H]7O)[C@H]6O[C@@H]6O[C@@H](C)[C@H](O)[C@@H](O)[C@H]6O)[C@@H](O)[C@H](O)[C@H]4O)[C@](C)(CO)[C@@H]3CC5)O2)OC1=O. The molecule has 7 aliphatic heterocycles. The van der Waals surface area contributed by atoms with Crippen molar-refractivity contribution in [3.05, 3.63) is 11.1 Å². The monoisotopic (exact) mass is 1250 g/mol. The van der Waals surface area contributed by atoms with Crippen molar-refractivity contribution < 1.29 is 138 Å². The lowest BCUT2D eigenvalue weighted by atomic mass is 9.42. The minimum atomic E-state index is -2.05. The number of rotatable bonds is 14. The third-order valence-corrected chi connectivity index (χ3v) is 23.2. The Kier molecular flexibility index (Phi) is 18.8. The Balaban J connectivity index is 0.801. The smallest absolute Gasteiger partial charge is 0.311 e. The molecule has 0 radical (unpaired) electrons.